The van der Waals surface area contributed by atoms with Crippen molar-refractivity contribution in [2.45, 2.75) is 13.3 Å². The molecule has 2 N–H and O–H groups in total. The summed E-state index contributed by atoms with van der Waals surface area (Å²) in [5, 5.41) is 0. The number of ether oxygens (including phenoxy) is 1. The molecule has 86 valence electrons. The number of nitrogens with two attached hydrogens (primary N) is 1. The van der Waals surface area contributed by atoms with Gasteiger partial charge in [0.15, 0.2) is 0 Å². The molecule has 0 radical (unpaired) electrons. The van der Waals surface area contributed by atoms with Crippen molar-refractivity contribution in [2.24, 2.45) is 10.7 Å². The van der Waals surface area contributed by atoms with Gasteiger partial charge in [-0.3, -0.25) is 4.99 Å². The minimum absolute atomic E-state index is 0.583. The number of rotatable bonds is 1. The van der Waals surface area contributed by atoms with Crippen molar-refractivity contribution in [3.05, 3.63) is 42.5 Å². The fraction of sp³-hybridized carbons (Fsp3) is 0.308. The van der Waals surface area contributed by atoms with Crippen LogP contribution in [0, 0.1) is 0 Å². The van der Waals surface area contributed by atoms with E-state index in [1.807, 2.05) is 12.1 Å². The molecule has 1 aromatic carbocycles. The van der Waals surface area contributed by atoms with Crippen LogP contribution < -0.4 is 10.5 Å². The molecule has 1 aromatic rings. The molecular weight excluding hydrogens is 200 g/mol. The van der Waals surface area contributed by atoms with Gasteiger partial charge in [0.1, 0.15) is 18.2 Å². The highest BCUT2D eigenvalue weighted by Gasteiger charge is 2.11. The van der Waals surface area contributed by atoms with E-state index in [0.29, 0.717) is 19.0 Å². The van der Waals surface area contributed by atoms with Gasteiger partial charge in [0.05, 0.1) is 12.1 Å². The van der Waals surface area contributed by atoms with Crippen LogP contribution in [0.4, 0.5) is 0 Å². The van der Waals surface area contributed by atoms with Crippen LogP contribution in [0.5, 0.6) is 5.75 Å². The Bertz CT molecular complexity index is 386. The van der Waals surface area contributed by atoms with Crippen LogP contribution in [0.15, 0.2) is 36.3 Å². The van der Waals surface area contributed by atoms with Crippen LogP contribution in [-0.4, -0.2) is 19.0 Å². The summed E-state index contributed by atoms with van der Waals surface area (Å²) >= 11 is 0. The van der Waals surface area contributed by atoms with Crippen molar-refractivity contribution >= 4 is 5.84 Å². The van der Waals surface area contributed by atoms with Crippen LogP contribution in [0.2, 0.25) is 0 Å². The first kappa shape index (κ1) is 12.3. The molecule has 0 aromatic heterocycles. The molecule has 3 nitrogen and oxygen atoms in total. The third-order valence-corrected chi connectivity index (χ3v) is 2.36. The molecule has 0 unspecified atom stereocenters. The summed E-state index contributed by atoms with van der Waals surface area (Å²) in [5.74, 6) is 1.45. The summed E-state index contributed by atoms with van der Waals surface area (Å²) in [5.41, 5.74) is 7.99. The predicted molar refractivity (Wildman–Crippen MR) is 68.2 cm³/mol. The zero-order chi connectivity index (χ0) is 12.0. The van der Waals surface area contributed by atoms with Crippen molar-refractivity contribution < 1.29 is 4.74 Å². The van der Waals surface area contributed by atoms with Crippen molar-refractivity contribution in [1.82, 2.24) is 0 Å². The van der Waals surface area contributed by atoms with Gasteiger partial charge in [-0.25, -0.2) is 0 Å². The molecular formula is C13H18N2O. The molecule has 0 aliphatic carbocycles. The fourth-order valence-corrected chi connectivity index (χ4v) is 1.52. The highest BCUT2D eigenvalue weighted by Crippen LogP contribution is 2.22. The van der Waals surface area contributed by atoms with E-state index in [4.69, 9.17) is 10.5 Å². The first-order valence-electron chi connectivity index (χ1n) is 5.37. The van der Waals surface area contributed by atoms with Gasteiger partial charge in [0.25, 0.3) is 0 Å². The van der Waals surface area contributed by atoms with E-state index in [9.17, 15) is 0 Å². The molecule has 0 saturated carbocycles. The Morgan fingerprint density at radius 3 is 2.88 bits per heavy atom. The van der Waals surface area contributed by atoms with Crippen molar-refractivity contribution in [3.63, 3.8) is 0 Å². The largest absolute Gasteiger partial charge is 0.491 e. The number of nitrogens with zero attached hydrogens (tertiary/aromatic N) is 1. The predicted octanol–water partition coefficient (Wildman–Crippen LogP) is 2.15. The van der Waals surface area contributed by atoms with Crippen LogP contribution in [0.25, 0.3) is 0 Å². The lowest BCUT2D eigenvalue weighted by Crippen LogP contribution is -2.13. The molecule has 1 heterocycles. The lowest BCUT2D eigenvalue weighted by Gasteiger charge is -2.08. The third kappa shape index (κ3) is 2.63. The second kappa shape index (κ2) is 5.95. The average molecular weight is 218 g/mol. The molecule has 1 aliphatic rings. The average Bonchev–Trinajstić information content (AvgIpc) is 2.53. The zero-order valence-electron chi connectivity index (χ0n) is 9.70. The van der Waals surface area contributed by atoms with Gasteiger partial charge in [-0.2, -0.15) is 0 Å². The maximum Gasteiger partial charge on any atom is 0.130 e. The summed E-state index contributed by atoms with van der Waals surface area (Å²) in [6.45, 7) is 9.37. The van der Waals surface area contributed by atoms with E-state index in [2.05, 4.69) is 31.1 Å². The first-order chi connectivity index (χ1) is 7.81. The maximum absolute atomic E-state index is 5.81. The van der Waals surface area contributed by atoms with E-state index in [0.717, 1.165) is 17.7 Å². The van der Waals surface area contributed by atoms with Crippen molar-refractivity contribution in [2.75, 3.05) is 13.2 Å². The molecule has 0 saturated heterocycles. The molecule has 2 rings (SSSR count). The molecule has 3 heteroatoms. The molecule has 1 aliphatic heterocycles. The second-order valence-corrected chi connectivity index (χ2v) is 3.30. The molecule has 0 fully saturated rings. The summed E-state index contributed by atoms with van der Waals surface area (Å²) < 4.78 is 5.57. The Kier molecular flexibility index (Phi) is 4.58. The number of benzene rings is 1. The van der Waals surface area contributed by atoms with Gasteiger partial charge < -0.3 is 10.5 Å². The number of fused-ring (bicyclic) bond motifs is 1. The van der Waals surface area contributed by atoms with Gasteiger partial charge in [-0.1, -0.05) is 13.0 Å². The third-order valence-electron chi connectivity index (χ3n) is 2.36. The molecule has 0 bridgehead atoms. The van der Waals surface area contributed by atoms with Crippen LogP contribution in [0.1, 0.15) is 18.1 Å². The zero-order valence-corrected chi connectivity index (χ0v) is 9.70. The molecule has 0 atom stereocenters. The Hall–Kier alpha value is -1.77. The number of hydrogen-bond donors (Lipinski definition) is 1. The monoisotopic (exact) mass is 218 g/mol. The van der Waals surface area contributed by atoms with Crippen molar-refractivity contribution in [3.8, 4) is 5.75 Å². The SMILES string of the molecule is C=C.CCc1ccc2c(c1)OCCN=C2N. The van der Waals surface area contributed by atoms with Gasteiger partial charge in [-0.15, -0.1) is 13.2 Å². The Balaban J connectivity index is 0.000000606. The van der Waals surface area contributed by atoms with Gasteiger partial charge in [0, 0.05) is 0 Å². The summed E-state index contributed by atoms with van der Waals surface area (Å²) in [6, 6.07) is 6.09. The van der Waals surface area contributed by atoms with E-state index in [1.54, 1.807) is 0 Å². The highest BCUT2D eigenvalue weighted by molar-refractivity contribution is 6.00. The summed E-state index contributed by atoms with van der Waals surface area (Å²) in [7, 11) is 0. The maximum atomic E-state index is 5.81. The number of aliphatic imine (C=N–C) groups is 1. The summed E-state index contributed by atoms with van der Waals surface area (Å²) in [6.07, 6.45) is 1.01. The smallest absolute Gasteiger partial charge is 0.130 e. The van der Waals surface area contributed by atoms with E-state index < -0.39 is 0 Å². The van der Waals surface area contributed by atoms with E-state index in [-0.39, 0.29) is 0 Å². The standard InChI is InChI=1S/C11H14N2O.C2H4/c1-2-8-3-4-9-10(7-8)14-6-5-13-11(9)12;1-2/h3-4,7H,2,5-6H2,1H3,(H2,12,13);1-2H2. The Morgan fingerprint density at radius 2 is 2.19 bits per heavy atom. The minimum Gasteiger partial charge on any atom is -0.491 e. The van der Waals surface area contributed by atoms with Crippen LogP contribution in [-0.2, 0) is 6.42 Å². The number of amidine groups is 1. The normalized spacial score (nSPS) is 13.4. The fourth-order valence-electron chi connectivity index (χ4n) is 1.52. The lowest BCUT2D eigenvalue weighted by molar-refractivity contribution is 0.331. The lowest BCUT2D eigenvalue weighted by atomic mass is 10.1. The number of aryl methyl sites for hydroxylation is 1. The highest BCUT2D eigenvalue weighted by atomic mass is 16.5. The molecule has 0 spiro atoms. The molecule has 16 heavy (non-hydrogen) atoms. The van der Waals surface area contributed by atoms with Crippen LogP contribution >= 0.6 is 0 Å². The van der Waals surface area contributed by atoms with Gasteiger partial charge in [-0.05, 0) is 24.1 Å². The quantitative estimate of drug-likeness (QED) is 0.734. The minimum atomic E-state index is 0.583. The number of hydrogen-bond acceptors (Lipinski definition) is 3. The topological polar surface area (TPSA) is 47.6 Å². The van der Waals surface area contributed by atoms with Gasteiger partial charge >= 0.3 is 0 Å². The Morgan fingerprint density at radius 1 is 1.44 bits per heavy atom. The van der Waals surface area contributed by atoms with Crippen LogP contribution in [0.3, 0.4) is 0 Å². The Labute approximate surface area is 96.6 Å². The van der Waals surface area contributed by atoms with Crippen molar-refractivity contribution in [1.29, 1.82) is 0 Å². The van der Waals surface area contributed by atoms with E-state index in [1.165, 1.54) is 5.56 Å². The first-order valence-corrected chi connectivity index (χ1v) is 5.37. The summed E-state index contributed by atoms with van der Waals surface area (Å²) in [4.78, 5) is 4.19. The van der Waals surface area contributed by atoms with E-state index >= 15 is 0 Å². The molecule has 0 amide bonds. The van der Waals surface area contributed by atoms with Gasteiger partial charge in [0.2, 0.25) is 0 Å². The second-order valence-electron chi connectivity index (χ2n) is 3.30.